The summed E-state index contributed by atoms with van der Waals surface area (Å²) in [5, 5.41) is 12.0. The van der Waals surface area contributed by atoms with Gasteiger partial charge in [-0.05, 0) is 24.2 Å². The van der Waals surface area contributed by atoms with Crippen molar-refractivity contribution in [3.63, 3.8) is 0 Å². The van der Waals surface area contributed by atoms with Crippen molar-refractivity contribution in [2.24, 2.45) is 10.9 Å². The van der Waals surface area contributed by atoms with Crippen LogP contribution in [0.25, 0.3) is 0 Å². The molecule has 0 aliphatic rings. The summed E-state index contributed by atoms with van der Waals surface area (Å²) in [5.41, 5.74) is 8.56. The SMILES string of the molecule is CCN(Cc1ccccn1)Cc1ccccc1/C(N)=N/O. The Labute approximate surface area is 124 Å². The lowest BCUT2D eigenvalue weighted by atomic mass is 10.1. The molecule has 0 saturated heterocycles. The minimum Gasteiger partial charge on any atom is -0.409 e. The molecule has 0 amide bonds. The number of nitrogens with two attached hydrogens (primary N) is 1. The lowest BCUT2D eigenvalue weighted by molar-refractivity contribution is 0.268. The predicted octanol–water partition coefficient (Wildman–Crippen LogP) is 2.20. The van der Waals surface area contributed by atoms with Gasteiger partial charge in [-0.25, -0.2) is 0 Å². The largest absolute Gasteiger partial charge is 0.409 e. The summed E-state index contributed by atoms with van der Waals surface area (Å²) in [4.78, 5) is 6.61. The van der Waals surface area contributed by atoms with E-state index in [1.165, 1.54) is 0 Å². The van der Waals surface area contributed by atoms with E-state index in [-0.39, 0.29) is 5.84 Å². The van der Waals surface area contributed by atoms with Crippen molar-refractivity contribution < 1.29 is 5.21 Å². The first-order chi connectivity index (χ1) is 10.2. The van der Waals surface area contributed by atoms with E-state index < -0.39 is 0 Å². The zero-order chi connectivity index (χ0) is 15.1. The van der Waals surface area contributed by atoms with Crippen LogP contribution in [0, 0.1) is 0 Å². The van der Waals surface area contributed by atoms with Gasteiger partial charge in [-0.2, -0.15) is 0 Å². The molecule has 5 heteroatoms. The summed E-state index contributed by atoms with van der Waals surface area (Å²) in [6, 6.07) is 13.6. The number of rotatable bonds is 6. The summed E-state index contributed by atoms with van der Waals surface area (Å²) < 4.78 is 0. The summed E-state index contributed by atoms with van der Waals surface area (Å²) in [7, 11) is 0. The molecule has 0 unspecified atom stereocenters. The molecular weight excluding hydrogens is 264 g/mol. The van der Waals surface area contributed by atoms with Gasteiger partial charge < -0.3 is 10.9 Å². The molecule has 0 aliphatic heterocycles. The Morgan fingerprint density at radius 2 is 1.95 bits per heavy atom. The molecule has 1 aromatic heterocycles. The Morgan fingerprint density at radius 3 is 2.62 bits per heavy atom. The van der Waals surface area contributed by atoms with Crippen molar-refractivity contribution in [2.75, 3.05) is 6.54 Å². The summed E-state index contributed by atoms with van der Waals surface area (Å²) in [5.74, 6) is 0.138. The average Bonchev–Trinajstić information content (AvgIpc) is 2.55. The fraction of sp³-hybridized carbons (Fsp3) is 0.250. The first kappa shape index (κ1) is 15.0. The molecule has 0 bridgehead atoms. The molecule has 21 heavy (non-hydrogen) atoms. The third-order valence-corrected chi connectivity index (χ3v) is 3.35. The van der Waals surface area contributed by atoms with Crippen LogP contribution in [0.4, 0.5) is 0 Å². The molecule has 0 atom stereocenters. The molecular formula is C16H20N4O. The highest BCUT2D eigenvalue weighted by molar-refractivity contribution is 5.98. The van der Waals surface area contributed by atoms with Crippen LogP contribution in [0.2, 0.25) is 0 Å². The van der Waals surface area contributed by atoms with Crippen molar-refractivity contribution >= 4 is 5.84 Å². The molecule has 0 saturated carbocycles. The van der Waals surface area contributed by atoms with Crippen molar-refractivity contribution in [3.8, 4) is 0 Å². The van der Waals surface area contributed by atoms with Crippen LogP contribution in [-0.4, -0.2) is 27.5 Å². The minimum atomic E-state index is 0.138. The van der Waals surface area contributed by atoms with Gasteiger partial charge in [-0.1, -0.05) is 42.4 Å². The minimum absolute atomic E-state index is 0.138. The number of hydrogen-bond acceptors (Lipinski definition) is 4. The van der Waals surface area contributed by atoms with Crippen LogP contribution in [0.15, 0.2) is 53.8 Å². The highest BCUT2D eigenvalue weighted by Crippen LogP contribution is 2.13. The zero-order valence-electron chi connectivity index (χ0n) is 12.1. The standard InChI is InChI=1S/C16H20N4O/c1-2-20(12-14-8-5-6-10-18-14)11-13-7-3-4-9-15(13)16(17)19-21/h3-10,21H,2,11-12H2,1H3,(H2,17,19). The van der Waals surface area contributed by atoms with Gasteiger partial charge in [0.25, 0.3) is 0 Å². The number of aromatic nitrogens is 1. The Balaban J connectivity index is 2.16. The number of benzene rings is 1. The number of oxime groups is 1. The quantitative estimate of drug-likeness (QED) is 0.369. The Bertz CT molecular complexity index is 598. The van der Waals surface area contributed by atoms with Gasteiger partial charge in [0.05, 0.1) is 5.69 Å². The van der Waals surface area contributed by atoms with E-state index in [9.17, 15) is 0 Å². The molecule has 110 valence electrons. The maximum atomic E-state index is 8.88. The van der Waals surface area contributed by atoms with Crippen molar-refractivity contribution in [1.29, 1.82) is 0 Å². The molecule has 0 spiro atoms. The summed E-state index contributed by atoms with van der Waals surface area (Å²) in [6.07, 6.45) is 1.80. The molecule has 2 aromatic rings. The van der Waals surface area contributed by atoms with Gasteiger partial charge >= 0.3 is 0 Å². The second-order valence-corrected chi connectivity index (χ2v) is 4.77. The Morgan fingerprint density at radius 1 is 1.19 bits per heavy atom. The topological polar surface area (TPSA) is 74.7 Å². The molecule has 0 fully saturated rings. The normalized spacial score (nSPS) is 11.8. The van der Waals surface area contributed by atoms with E-state index >= 15 is 0 Å². The van der Waals surface area contributed by atoms with E-state index in [1.807, 2.05) is 42.5 Å². The van der Waals surface area contributed by atoms with Gasteiger partial charge in [-0.3, -0.25) is 9.88 Å². The fourth-order valence-corrected chi connectivity index (χ4v) is 2.20. The number of pyridine rings is 1. The van der Waals surface area contributed by atoms with Gasteiger partial charge in [0.1, 0.15) is 0 Å². The maximum absolute atomic E-state index is 8.88. The second kappa shape index (κ2) is 7.40. The lowest BCUT2D eigenvalue weighted by Crippen LogP contribution is -2.25. The molecule has 0 radical (unpaired) electrons. The molecule has 5 nitrogen and oxygen atoms in total. The van der Waals surface area contributed by atoms with Gasteiger partial charge in [0.15, 0.2) is 5.84 Å². The van der Waals surface area contributed by atoms with Crippen LogP contribution in [0.3, 0.4) is 0 Å². The third-order valence-electron chi connectivity index (χ3n) is 3.35. The van der Waals surface area contributed by atoms with E-state index in [2.05, 4.69) is 22.0 Å². The molecule has 1 aromatic carbocycles. The van der Waals surface area contributed by atoms with Crippen LogP contribution in [-0.2, 0) is 13.1 Å². The monoisotopic (exact) mass is 284 g/mol. The molecule has 2 rings (SSSR count). The fourth-order valence-electron chi connectivity index (χ4n) is 2.20. The predicted molar refractivity (Wildman–Crippen MR) is 83.0 cm³/mol. The number of nitrogens with zero attached hydrogens (tertiary/aromatic N) is 3. The lowest BCUT2D eigenvalue weighted by Gasteiger charge is -2.21. The second-order valence-electron chi connectivity index (χ2n) is 4.77. The van der Waals surface area contributed by atoms with Gasteiger partial charge in [0, 0.05) is 24.8 Å². The Hall–Kier alpha value is -2.40. The zero-order valence-corrected chi connectivity index (χ0v) is 12.1. The van der Waals surface area contributed by atoms with E-state index in [1.54, 1.807) is 6.20 Å². The average molecular weight is 284 g/mol. The highest BCUT2D eigenvalue weighted by Gasteiger charge is 2.11. The third kappa shape index (κ3) is 4.03. The first-order valence-electron chi connectivity index (χ1n) is 6.92. The van der Waals surface area contributed by atoms with E-state index in [0.29, 0.717) is 0 Å². The van der Waals surface area contributed by atoms with Gasteiger partial charge in [0.2, 0.25) is 0 Å². The summed E-state index contributed by atoms with van der Waals surface area (Å²) in [6.45, 7) is 4.48. The van der Waals surface area contributed by atoms with Crippen molar-refractivity contribution in [3.05, 3.63) is 65.5 Å². The molecule has 3 N–H and O–H groups in total. The Kier molecular flexibility index (Phi) is 5.29. The van der Waals surface area contributed by atoms with Crippen LogP contribution >= 0.6 is 0 Å². The van der Waals surface area contributed by atoms with E-state index in [4.69, 9.17) is 10.9 Å². The molecule has 1 heterocycles. The van der Waals surface area contributed by atoms with E-state index in [0.717, 1.165) is 36.5 Å². The maximum Gasteiger partial charge on any atom is 0.170 e. The number of hydrogen-bond donors (Lipinski definition) is 2. The van der Waals surface area contributed by atoms with Crippen LogP contribution in [0.1, 0.15) is 23.7 Å². The highest BCUT2D eigenvalue weighted by atomic mass is 16.4. The van der Waals surface area contributed by atoms with Gasteiger partial charge in [-0.15, -0.1) is 0 Å². The van der Waals surface area contributed by atoms with Crippen LogP contribution in [0.5, 0.6) is 0 Å². The molecule has 0 aliphatic carbocycles. The first-order valence-corrected chi connectivity index (χ1v) is 6.92. The van der Waals surface area contributed by atoms with Crippen molar-refractivity contribution in [2.45, 2.75) is 20.0 Å². The van der Waals surface area contributed by atoms with Crippen LogP contribution < -0.4 is 5.73 Å². The summed E-state index contributed by atoms with van der Waals surface area (Å²) >= 11 is 0. The van der Waals surface area contributed by atoms with Crippen molar-refractivity contribution in [1.82, 2.24) is 9.88 Å². The number of amidine groups is 1. The smallest absolute Gasteiger partial charge is 0.170 e.